The number of hydrogen-bond acceptors (Lipinski definition) is 2. The van der Waals surface area contributed by atoms with Gasteiger partial charge < -0.3 is 0 Å². The summed E-state index contributed by atoms with van der Waals surface area (Å²) in [5.74, 6) is 1.39. The molecule has 0 aromatic rings. The largest absolute Gasteiger partial charge is 0.300 e. The molecule has 2 saturated carbocycles. The SMILES string of the molecule is C=C1CCC2C(C)(C)CC(=O)CC2(C)C1CCC(C)=CC=O. The fourth-order valence-electron chi connectivity index (χ4n) is 5.30. The van der Waals surface area contributed by atoms with Gasteiger partial charge in [-0.25, -0.2) is 0 Å². The third-order valence-electron chi connectivity index (χ3n) is 6.19. The van der Waals surface area contributed by atoms with Gasteiger partial charge in [0, 0.05) is 12.8 Å². The summed E-state index contributed by atoms with van der Waals surface area (Å²) in [7, 11) is 0. The first-order valence-electron chi connectivity index (χ1n) is 8.51. The molecule has 0 amide bonds. The van der Waals surface area contributed by atoms with Crippen LogP contribution < -0.4 is 0 Å². The molecule has 122 valence electrons. The van der Waals surface area contributed by atoms with Crippen LogP contribution in [0, 0.1) is 22.7 Å². The maximum Gasteiger partial charge on any atom is 0.142 e. The molecule has 3 unspecified atom stereocenters. The number of carbonyl (C=O) groups is 2. The fraction of sp³-hybridized carbons (Fsp3) is 0.700. The molecule has 0 heterocycles. The number of hydrogen-bond donors (Lipinski definition) is 0. The molecule has 0 saturated heterocycles. The molecular formula is C20H30O2. The molecule has 0 aromatic heterocycles. The molecule has 2 rings (SSSR count). The Labute approximate surface area is 135 Å². The van der Waals surface area contributed by atoms with E-state index < -0.39 is 0 Å². The second kappa shape index (κ2) is 6.14. The van der Waals surface area contributed by atoms with Crippen molar-refractivity contribution in [2.24, 2.45) is 22.7 Å². The van der Waals surface area contributed by atoms with Crippen molar-refractivity contribution in [2.45, 2.75) is 66.2 Å². The van der Waals surface area contributed by atoms with Gasteiger partial charge in [0.1, 0.15) is 12.1 Å². The first-order chi connectivity index (χ1) is 10.2. The van der Waals surface area contributed by atoms with Crippen LogP contribution in [0.1, 0.15) is 66.2 Å². The van der Waals surface area contributed by atoms with E-state index in [9.17, 15) is 9.59 Å². The predicted molar refractivity (Wildman–Crippen MR) is 90.5 cm³/mol. The lowest BCUT2D eigenvalue weighted by molar-refractivity contribution is -0.138. The highest BCUT2D eigenvalue weighted by molar-refractivity contribution is 5.81. The average Bonchev–Trinajstić information content (AvgIpc) is 2.35. The van der Waals surface area contributed by atoms with Crippen LogP contribution in [0.15, 0.2) is 23.8 Å². The molecule has 2 aliphatic rings. The van der Waals surface area contributed by atoms with Gasteiger partial charge in [-0.15, -0.1) is 0 Å². The number of carbonyl (C=O) groups excluding carboxylic acids is 2. The second-order valence-electron chi connectivity index (χ2n) is 8.38. The van der Waals surface area contributed by atoms with E-state index in [4.69, 9.17) is 0 Å². The van der Waals surface area contributed by atoms with E-state index in [1.165, 1.54) is 5.57 Å². The zero-order chi connectivity index (χ0) is 16.5. The van der Waals surface area contributed by atoms with Crippen molar-refractivity contribution in [1.82, 2.24) is 0 Å². The van der Waals surface area contributed by atoms with Gasteiger partial charge in [-0.1, -0.05) is 38.5 Å². The van der Waals surface area contributed by atoms with Crippen LogP contribution in [0.5, 0.6) is 0 Å². The summed E-state index contributed by atoms with van der Waals surface area (Å²) in [5.41, 5.74) is 2.56. The topological polar surface area (TPSA) is 34.1 Å². The van der Waals surface area contributed by atoms with Gasteiger partial charge in [-0.05, 0) is 61.3 Å². The van der Waals surface area contributed by atoms with Gasteiger partial charge in [0.2, 0.25) is 0 Å². The molecule has 2 fully saturated rings. The van der Waals surface area contributed by atoms with Crippen LogP contribution in [0.4, 0.5) is 0 Å². The van der Waals surface area contributed by atoms with E-state index in [1.54, 1.807) is 6.08 Å². The highest BCUT2D eigenvalue weighted by atomic mass is 16.1. The molecule has 0 aliphatic heterocycles. The summed E-state index contributed by atoms with van der Waals surface area (Å²) in [6.45, 7) is 13.2. The lowest BCUT2D eigenvalue weighted by atomic mass is 9.47. The maximum atomic E-state index is 12.3. The highest BCUT2D eigenvalue weighted by Crippen LogP contribution is 2.60. The number of rotatable bonds is 4. The maximum absolute atomic E-state index is 12.3. The molecular weight excluding hydrogens is 272 g/mol. The predicted octanol–water partition coefficient (Wildman–Crippen LogP) is 4.89. The molecule has 0 radical (unpaired) electrons. The van der Waals surface area contributed by atoms with Crippen molar-refractivity contribution in [1.29, 1.82) is 0 Å². The highest BCUT2D eigenvalue weighted by Gasteiger charge is 2.54. The molecule has 0 bridgehead atoms. The van der Waals surface area contributed by atoms with Gasteiger partial charge in [0.25, 0.3) is 0 Å². The minimum atomic E-state index is 0.0373. The van der Waals surface area contributed by atoms with Crippen molar-refractivity contribution in [2.75, 3.05) is 0 Å². The Balaban J connectivity index is 2.26. The first kappa shape index (κ1) is 17.2. The summed E-state index contributed by atoms with van der Waals surface area (Å²) >= 11 is 0. The second-order valence-corrected chi connectivity index (χ2v) is 8.38. The van der Waals surface area contributed by atoms with Crippen molar-refractivity contribution < 1.29 is 9.59 Å². The van der Waals surface area contributed by atoms with E-state index in [1.807, 2.05) is 6.92 Å². The summed E-state index contributed by atoms with van der Waals surface area (Å²) < 4.78 is 0. The lowest BCUT2D eigenvalue weighted by Gasteiger charge is -2.57. The van der Waals surface area contributed by atoms with Crippen LogP contribution >= 0.6 is 0 Å². The Kier molecular flexibility index (Phi) is 4.79. The molecule has 2 aliphatic carbocycles. The van der Waals surface area contributed by atoms with E-state index in [0.29, 0.717) is 24.0 Å². The monoisotopic (exact) mass is 302 g/mol. The number of aldehydes is 1. The van der Waals surface area contributed by atoms with Crippen LogP contribution in [-0.4, -0.2) is 12.1 Å². The van der Waals surface area contributed by atoms with Gasteiger partial charge in [-0.2, -0.15) is 0 Å². The Bertz CT molecular complexity index is 512. The lowest BCUT2D eigenvalue weighted by Crippen LogP contribution is -2.52. The Morgan fingerprint density at radius 3 is 2.64 bits per heavy atom. The fourth-order valence-corrected chi connectivity index (χ4v) is 5.30. The molecule has 22 heavy (non-hydrogen) atoms. The van der Waals surface area contributed by atoms with E-state index in [2.05, 4.69) is 27.4 Å². The van der Waals surface area contributed by atoms with Gasteiger partial charge >= 0.3 is 0 Å². The summed E-state index contributed by atoms with van der Waals surface area (Å²) in [6, 6.07) is 0. The third-order valence-corrected chi connectivity index (χ3v) is 6.19. The van der Waals surface area contributed by atoms with Crippen molar-refractivity contribution in [3.05, 3.63) is 23.8 Å². The number of allylic oxidation sites excluding steroid dienone is 3. The molecule has 3 atom stereocenters. The minimum absolute atomic E-state index is 0.0373. The summed E-state index contributed by atoms with van der Waals surface area (Å²) in [6.07, 6.45) is 8.10. The molecule has 2 heteroatoms. The summed E-state index contributed by atoms with van der Waals surface area (Å²) in [4.78, 5) is 23.0. The standard InChI is InChI=1S/C20H30O2/c1-14(10-11-21)6-8-17-15(2)7-9-18-19(3,4)12-16(22)13-20(17,18)5/h10-11,17-18H,2,6-9,12-13H2,1,3-5H3. The summed E-state index contributed by atoms with van der Waals surface area (Å²) in [5, 5.41) is 0. The van der Waals surface area contributed by atoms with E-state index >= 15 is 0 Å². The van der Waals surface area contributed by atoms with E-state index in [0.717, 1.165) is 44.0 Å². The normalized spacial score (nSPS) is 35.2. The third kappa shape index (κ3) is 3.11. The van der Waals surface area contributed by atoms with Crippen LogP contribution in [0.2, 0.25) is 0 Å². The van der Waals surface area contributed by atoms with E-state index in [-0.39, 0.29) is 10.8 Å². The Hall–Kier alpha value is -1.18. The minimum Gasteiger partial charge on any atom is -0.300 e. The Morgan fingerprint density at radius 1 is 1.32 bits per heavy atom. The molecule has 2 nitrogen and oxygen atoms in total. The van der Waals surface area contributed by atoms with Gasteiger partial charge in [-0.3, -0.25) is 9.59 Å². The quantitative estimate of drug-likeness (QED) is 0.421. The zero-order valence-corrected chi connectivity index (χ0v) is 14.6. The van der Waals surface area contributed by atoms with Crippen LogP contribution in [-0.2, 0) is 9.59 Å². The van der Waals surface area contributed by atoms with Crippen LogP contribution in [0.25, 0.3) is 0 Å². The zero-order valence-electron chi connectivity index (χ0n) is 14.6. The smallest absolute Gasteiger partial charge is 0.142 e. The molecule has 0 N–H and O–H groups in total. The van der Waals surface area contributed by atoms with Gasteiger partial charge in [0.15, 0.2) is 0 Å². The van der Waals surface area contributed by atoms with Gasteiger partial charge in [0.05, 0.1) is 0 Å². The van der Waals surface area contributed by atoms with Crippen molar-refractivity contribution >= 4 is 12.1 Å². The molecule has 0 aromatic carbocycles. The average molecular weight is 302 g/mol. The van der Waals surface area contributed by atoms with Crippen molar-refractivity contribution in [3.8, 4) is 0 Å². The molecule has 0 spiro atoms. The van der Waals surface area contributed by atoms with Crippen LogP contribution in [0.3, 0.4) is 0 Å². The number of fused-ring (bicyclic) bond motifs is 1. The first-order valence-corrected chi connectivity index (χ1v) is 8.51. The van der Waals surface area contributed by atoms with Crippen molar-refractivity contribution in [3.63, 3.8) is 0 Å². The number of Topliss-reactive ketones (excluding diaryl/α,β-unsaturated/α-hetero) is 1. The number of ketones is 1. The Morgan fingerprint density at radius 2 is 2.00 bits per heavy atom.